The second-order valence-electron chi connectivity index (χ2n) is 4.32. The fourth-order valence-corrected chi connectivity index (χ4v) is 3.53. The molecular weight excluding hydrogens is 322 g/mol. The van der Waals surface area contributed by atoms with Crippen molar-refractivity contribution >= 4 is 44.5 Å². The molecule has 0 saturated heterocycles. The van der Waals surface area contributed by atoms with Crippen LogP contribution >= 0.6 is 21.6 Å². The van der Waals surface area contributed by atoms with Gasteiger partial charge in [0, 0.05) is 35.8 Å². The van der Waals surface area contributed by atoms with E-state index < -0.39 is 5.97 Å². The third-order valence-electron chi connectivity index (χ3n) is 2.67. The van der Waals surface area contributed by atoms with Crippen molar-refractivity contribution in [2.45, 2.75) is 6.42 Å². The summed E-state index contributed by atoms with van der Waals surface area (Å²) in [6.07, 6.45) is 3.33. The lowest BCUT2D eigenvalue weighted by atomic mass is 10.2. The number of pyridine rings is 2. The molecule has 0 aliphatic carbocycles. The third kappa shape index (κ3) is 5.19. The number of fused-ring (bicyclic) bond motifs is 1. The van der Waals surface area contributed by atoms with Crippen LogP contribution in [0.5, 0.6) is 0 Å². The van der Waals surface area contributed by atoms with Crippen molar-refractivity contribution in [3.05, 3.63) is 36.2 Å². The maximum atomic E-state index is 12.0. The number of aliphatic carboxylic acids is 1. The van der Waals surface area contributed by atoms with E-state index in [-0.39, 0.29) is 12.3 Å². The highest BCUT2D eigenvalue weighted by molar-refractivity contribution is 8.76. The minimum Gasteiger partial charge on any atom is -0.481 e. The smallest absolute Gasteiger partial charge is 0.304 e. The number of aromatic nitrogens is 2. The van der Waals surface area contributed by atoms with E-state index in [1.165, 1.54) is 17.0 Å². The maximum Gasteiger partial charge on any atom is 0.304 e. The lowest BCUT2D eigenvalue weighted by molar-refractivity contribution is -0.136. The fraction of sp³-hybridized carbons (Fsp3) is 0.286. The number of hydrogen-bond donors (Lipinski definition) is 2. The second-order valence-corrected chi connectivity index (χ2v) is 7.02. The van der Waals surface area contributed by atoms with Crippen LogP contribution < -0.4 is 5.32 Å². The maximum absolute atomic E-state index is 12.0. The molecule has 2 rings (SSSR count). The fourth-order valence-electron chi connectivity index (χ4n) is 1.64. The number of amides is 1. The predicted molar refractivity (Wildman–Crippen MR) is 89.0 cm³/mol. The molecule has 2 aromatic rings. The summed E-state index contributed by atoms with van der Waals surface area (Å²) in [5.41, 5.74) is 1.12. The van der Waals surface area contributed by atoms with E-state index in [0.717, 1.165) is 11.1 Å². The average molecular weight is 337 g/mol. The predicted octanol–water partition coefficient (Wildman–Crippen LogP) is 2.22. The molecule has 0 radical (unpaired) electrons. The minimum absolute atomic E-state index is 0.154. The van der Waals surface area contributed by atoms with E-state index >= 15 is 0 Å². The number of nitrogens with one attached hydrogen (secondary N) is 1. The van der Waals surface area contributed by atoms with Gasteiger partial charge in [0.2, 0.25) is 0 Å². The van der Waals surface area contributed by atoms with Gasteiger partial charge in [-0.15, -0.1) is 0 Å². The van der Waals surface area contributed by atoms with Gasteiger partial charge in [-0.2, -0.15) is 0 Å². The molecule has 6 nitrogen and oxygen atoms in total. The quantitative estimate of drug-likeness (QED) is 0.563. The number of nitrogens with zero attached hydrogens (tertiary/aromatic N) is 2. The van der Waals surface area contributed by atoms with E-state index in [1.54, 1.807) is 29.1 Å². The van der Waals surface area contributed by atoms with Crippen molar-refractivity contribution in [1.82, 2.24) is 15.3 Å². The molecule has 2 heterocycles. The molecular formula is C14H15N3O3S2. The Morgan fingerprint density at radius 2 is 2.05 bits per heavy atom. The molecule has 0 aromatic carbocycles. The van der Waals surface area contributed by atoms with Gasteiger partial charge in [0.1, 0.15) is 0 Å². The molecule has 2 aromatic heterocycles. The summed E-state index contributed by atoms with van der Waals surface area (Å²) in [4.78, 5) is 30.6. The van der Waals surface area contributed by atoms with Gasteiger partial charge in [0.25, 0.3) is 5.91 Å². The van der Waals surface area contributed by atoms with Gasteiger partial charge < -0.3 is 10.4 Å². The Labute approximate surface area is 135 Å². The van der Waals surface area contributed by atoms with Gasteiger partial charge in [-0.3, -0.25) is 9.59 Å². The molecule has 0 bridgehead atoms. The van der Waals surface area contributed by atoms with E-state index in [9.17, 15) is 9.59 Å². The standard InChI is InChI=1S/C14H15N3O3S2/c18-12(19)3-6-21-22-7-5-16-14(20)11-8-10-2-1-4-15-13(10)17-9-11/h1-2,4,8-9H,3,5-7H2,(H,16,20)(H,18,19). The summed E-state index contributed by atoms with van der Waals surface area (Å²) in [6, 6.07) is 5.43. The summed E-state index contributed by atoms with van der Waals surface area (Å²) >= 11 is 0. The molecule has 0 aliphatic heterocycles. The molecule has 0 atom stereocenters. The highest BCUT2D eigenvalue weighted by Crippen LogP contribution is 2.21. The highest BCUT2D eigenvalue weighted by Gasteiger charge is 2.07. The first-order chi connectivity index (χ1) is 10.7. The first kappa shape index (κ1) is 16.6. The molecule has 0 saturated carbocycles. The number of rotatable bonds is 8. The molecule has 22 heavy (non-hydrogen) atoms. The van der Waals surface area contributed by atoms with Crippen molar-refractivity contribution in [3.8, 4) is 0 Å². The molecule has 0 spiro atoms. The van der Waals surface area contributed by atoms with Crippen LogP contribution in [-0.4, -0.2) is 45.0 Å². The molecule has 116 valence electrons. The summed E-state index contributed by atoms with van der Waals surface area (Å²) in [5.74, 6) is 0.322. The van der Waals surface area contributed by atoms with E-state index in [0.29, 0.717) is 23.5 Å². The van der Waals surface area contributed by atoms with Crippen molar-refractivity contribution in [2.24, 2.45) is 0 Å². The van der Waals surface area contributed by atoms with Crippen LogP contribution in [0.15, 0.2) is 30.6 Å². The van der Waals surface area contributed by atoms with Gasteiger partial charge in [-0.25, -0.2) is 9.97 Å². The average Bonchev–Trinajstić information content (AvgIpc) is 2.53. The normalized spacial score (nSPS) is 10.5. The third-order valence-corrected chi connectivity index (χ3v) is 5.08. The number of carbonyl (C=O) groups excluding carboxylic acids is 1. The van der Waals surface area contributed by atoms with Crippen molar-refractivity contribution in [3.63, 3.8) is 0 Å². The molecule has 1 amide bonds. The summed E-state index contributed by atoms with van der Waals surface area (Å²) in [5, 5.41) is 12.1. The van der Waals surface area contributed by atoms with Crippen LogP contribution in [0.25, 0.3) is 11.0 Å². The van der Waals surface area contributed by atoms with E-state index in [2.05, 4.69) is 15.3 Å². The number of carbonyl (C=O) groups is 2. The zero-order chi connectivity index (χ0) is 15.8. The van der Waals surface area contributed by atoms with Crippen LogP contribution in [0.3, 0.4) is 0 Å². The SMILES string of the molecule is O=C(O)CCSSCCNC(=O)c1cnc2ncccc2c1. The molecule has 0 aliphatic rings. The van der Waals surface area contributed by atoms with Crippen LogP contribution in [0.1, 0.15) is 16.8 Å². The van der Waals surface area contributed by atoms with Gasteiger partial charge in [-0.1, -0.05) is 21.6 Å². The monoisotopic (exact) mass is 337 g/mol. The van der Waals surface area contributed by atoms with Crippen molar-refractivity contribution in [1.29, 1.82) is 0 Å². The van der Waals surface area contributed by atoms with Crippen LogP contribution in [0, 0.1) is 0 Å². The first-order valence-electron chi connectivity index (χ1n) is 6.62. The Morgan fingerprint density at radius 3 is 2.86 bits per heavy atom. The van der Waals surface area contributed by atoms with Gasteiger partial charge in [0.15, 0.2) is 5.65 Å². The largest absolute Gasteiger partial charge is 0.481 e. The van der Waals surface area contributed by atoms with Gasteiger partial charge in [-0.05, 0) is 18.2 Å². The summed E-state index contributed by atoms with van der Waals surface area (Å²) in [7, 11) is 3.04. The Kier molecular flexibility index (Phi) is 6.47. The molecule has 2 N–H and O–H groups in total. The molecule has 8 heteroatoms. The highest BCUT2D eigenvalue weighted by atomic mass is 33.1. The van der Waals surface area contributed by atoms with Crippen LogP contribution in [0.2, 0.25) is 0 Å². The lowest BCUT2D eigenvalue weighted by Crippen LogP contribution is -2.25. The topological polar surface area (TPSA) is 92.2 Å². The van der Waals surface area contributed by atoms with E-state index in [1.807, 2.05) is 6.07 Å². The Balaban J connectivity index is 1.73. The Bertz CT molecular complexity index is 667. The van der Waals surface area contributed by atoms with Crippen LogP contribution in [0.4, 0.5) is 0 Å². The summed E-state index contributed by atoms with van der Waals surface area (Å²) < 4.78 is 0. The van der Waals surface area contributed by atoms with Crippen LogP contribution in [-0.2, 0) is 4.79 Å². The number of hydrogen-bond acceptors (Lipinski definition) is 6. The number of carboxylic acid groups (broad SMARTS) is 1. The zero-order valence-corrected chi connectivity index (χ0v) is 13.3. The number of carboxylic acids is 1. The molecule has 0 unspecified atom stereocenters. The first-order valence-corrected chi connectivity index (χ1v) is 9.11. The summed E-state index contributed by atoms with van der Waals surface area (Å²) in [6.45, 7) is 0.522. The minimum atomic E-state index is -0.792. The van der Waals surface area contributed by atoms with Crippen molar-refractivity contribution in [2.75, 3.05) is 18.1 Å². The molecule has 0 fully saturated rings. The van der Waals surface area contributed by atoms with Crippen molar-refractivity contribution < 1.29 is 14.7 Å². The zero-order valence-electron chi connectivity index (χ0n) is 11.7. The van der Waals surface area contributed by atoms with Gasteiger partial charge in [0.05, 0.1) is 12.0 Å². The Hall–Kier alpha value is -1.80. The lowest BCUT2D eigenvalue weighted by Gasteiger charge is -2.05. The van der Waals surface area contributed by atoms with Gasteiger partial charge >= 0.3 is 5.97 Å². The van der Waals surface area contributed by atoms with E-state index in [4.69, 9.17) is 5.11 Å². The Morgan fingerprint density at radius 1 is 1.23 bits per heavy atom. The second kappa shape index (κ2) is 8.60.